The van der Waals surface area contributed by atoms with E-state index in [1.54, 1.807) is 11.3 Å². The van der Waals surface area contributed by atoms with Gasteiger partial charge in [0.05, 0.1) is 5.69 Å². The van der Waals surface area contributed by atoms with Crippen molar-refractivity contribution in [2.24, 2.45) is 5.92 Å². The van der Waals surface area contributed by atoms with E-state index in [1.165, 1.54) is 37.7 Å². The second kappa shape index (κ2) is 8.85. The molecule has 0 fully saturated rings. The molecule has 186 valence electrons. The summed E-state index contributed by atoms with van der Waals surface area (Å²) >= 11 is 1.76. The van der Waals surface area contributed by atoms with Gasteiger partial charge in [0.25, 0.3) is 0 Å². The highest BCUT2D eigenvalue weighted by Gasteiger charge is 2.20. The van der Waals surface area contributed by atoms with Crippen LogP contribution in [-0.2, 0) is 11.8 Å². The Morgan fingerprint density at radius 3 is 2.43 bits per heavy atom. The van der Waals surface area contributed by atoms with Gasteiger partial charge in [-0.2, -0.15) is 0 Å². The summed E-state index contributed by atoms with van der Waals surface area (Å²) in [5, 5.41) is 4.94. The van der Waals surface area contributed by atoms with Crippen molar-refractivity contribution in [3.05, 3.63) is 89.0 Å². The van der Waals surface area contributed by atoms with E-state index in [2.05, 4.69) is 114 Å². The second-order valence-corrected chi connectivity index (χ2v) is 12.9. The first-order chi connectivity index (χ1) is 17.7. The van der Waals surface area contributed by atoms with Crippen LogP contribution in [0.1, 0.15) is 50.8 Å². The van der Waals surface area contributed by atoms with Gasteiger partial charge in [0.2, 0.25) is 0 Å². The van der Waals surface area contributed by atoms with Crippen LogP contribution in [0.5, 0.6) is 0 Å². The Morgan fingerprint density at radius 1 is 0.838 bits per heavy atom. The summed E-state index contributed by atoms with van der Waals surface area (Å²) in [7, 11) is 0. The van der Waals surface area contributed by atoms with Crippen molar-refractivity contribution in [2.45, 2.75) is 53.4 Å². The van der Waals surface area contributed by atoms with Crippen molar-refractivity contribution < 1.29 is 4.42 Å². The van der Waals surface area contributed by atoms with Crippen molar-refractivity contribution in [1.82, 2.24) is 4.98 Å². The van der Waals surface area contributed by atoms with Gasteiger partial charge in [-0.25, -0.2) is 4.98 Å². The molecule has 6 rings (SSSR count). The lowest BCUT2D eigenvalue weighted by Gasteiger charge is -2.23. The van der Waals surface area contributed by atoms with Crippen LogP contribution in [0.25, 0.3) is 54.3 Å². The van der Waals surface area contributed by atoms with Crippen LogP contribution in [0.2, 0.25) is 0 Å². The largest absolute Gasteiger partial charge is 0.461 e. The fourth-order valence-corrected chi connectivity index (χ4v) is 6.26. The fourth-order valence-electron chi connectivity index (χ4n) is 5.36. The predicted octanol–water partition coefficient (Wildman–Crippen LogP) is 10.3. The Kier molecular flexibility index (Phi) is 5.72. The number of fused-ring (bicyclic) bond motifs is 3. The molecule has 3 heteroatoms. The summed E-state index contributed by atoms with van der Waals surface area (Å²) in [6, 6.07) is 26.7. The van der Waals surface area contributed by atoms with Crippen LogP contribution >= 0.6 is 11.3 Å². The van der Waals surface area contributed by atoms with Crippen molar-refractivity contribution in [3.63, 3.8) is 0 Å². The summed E-state index contributed by atoms with van der Waals surface area (Å²) in [6.45, 7) is 13.5. The number of thiophene rings is 1. The molecular formula is C34H33NOS. The third-order valence-electron chi connectivity index (χ3n) is 7.09. The number of hydrogen-bond acceptors (Lipinski definition) is 3. The molecule has 0 aliphatic carbocycles. The Labute approximate surface area is 223 Å². The zero-order valence-corrected chi connectivity index (χ0v) is 23.3. The van der Waals surface area contributed by atoms with E-state index < -0.39 is 0 Å². The summed E-state index contributed by atoms with van der Waals surface area (Å²) in [5.74, 6) is 1.62. The zero-order chi connectivity index (χ0) is 25.9. The molecule has 0 spiro atoms. The lowest BCUT2D eigenvalue weighted by molar-refractivity contribution is 0.500. The number of pyridine rings is 1. The molecule has 0 saturated carbocycles. The molecule has 0 bridgehead atoms. The van der Waals surface area contributed by atoms with E-state index in [4.69, 9.17) is 9.40 Å². The van der Waals surface area contributed by atoms with Crippen LogP contribution in [0.4, 0.5) is 0 Å². The minimum absolute atomic E-state index is 0.0279. The zero-order valence-electron chi connectivity index (χ0n) is 22.5. The van der Waals surface area contributed by atoms with Crippen LogP contribution in [0, 0.1) is 12.8 Å². The van der Waals surface area contributed by atoms with Gasteiger partial charge >= 0.3 is 0 Å². The van der Waals surface area contributed by atoms with Crippen LogP contribution in [-0.4, -0.2) is 4.98 Å². The number of aryl methyl sites for hydroxylation is 1. The van der Waals surface area contributed by atoms with Crippen molar-refractivity contribution in [2.75, 3.05) is 0 Å². The minimum atomic E-state index is 0.0279. The van der Waals surface area contributed by atoms with E-state index in [9.17, 15) is 0 Å². The first kappa shape index (κ1) is 23.9. The molecule has 3 heterocycles. The smallest absolute Gasteiger partial charge is 0.134 e. The number of benzene rings is 3. The Bertz CT molecular complexity index is 1780. The number of rotatable bonds is 4. The summed E-state index contributed by atoms with van der Waals surface area (Å²) in [6.07, 6.45) is 0.954. The molecule has 0 amide bonds. The van der Waals surface area contributed by atoms with Crippen LogP contribution in [0.15, 0.2) is 77.2 Å². The molecule has 6 aromatic rings. The molecule has 0 unspecified atom stereocenters. The van der Waals surface area contributed by atoms with Crippen molar-refractivity contribution >= 4 is 43.3 Å². The van der Waals surface area contributed by atoms with Crippen LogP contribution in [0.3, 0.4) is 0 Å². The molecule has 0 radical (unpaired) electrons. The molecule has 0 aliphatic rings. The van der Waals surface area contributed by atoms with E-state index in [0.717, 1.165) is 39.2 Å². The molecular weight excluding hydrogens is 470 g/mol. The topological polar surface area (TPSA) is 26.0 Å². The average Bonchev–Trinajstić information content (AvgIpc) is 3.42. The molecule has 0 aliphatic heterocycles. The second-order valence-electron chi connectivity index (χ2n) is 11.7. The predicted molar refractivity (Wildman–Crippen MR) is 160 cm³/mol. The maximum Gasteiger partial charge on any atom is 0.134 e. The Hall–Kier alpha value is -3.43. The van der Waals surface area contributed by atoms with Gasteiger partial charge in [-0.3, -0.25) is 0 Å². The van der Waals surface area contributed by atoms with Crippen molar-refractivity contribution in [3.8, 4) is 22.4 Å². The summed E-state index contributed by atoms with van der Waals surface area (Å²) < 4.78 is 6.26. The molecule has 3 aromatic heterocycles. The Morgan fingerprint density at radius 2 is 1.65 bits per heavy atom. The number of nitrogens with zero attached hydrogens (tertiary/aromatic N) is 1. The average molecular weight is 504 g/mol. The highest BCUT2D eigenvalue weighted by Crippen LogP contribution is 2.40. The number of aromatic nitrogens is 1. The third-order valence-corrected chi connectivity index (χ3v) is 8.03. The van der Waals surface area contributed by atoms with Gasteiger partial charge in [-0.1, -0.05) is 71.0 Å². The van der Waals surface area contributed by atoms with E-state index in [0.29, 0.717) is 5.92 Å². The van der Waals surface area contributed by atoms with Crippen molar-refractivity contribution in [1.29, 1.82) is 0 Å². The minimum Gasteiger partial charge on any atom is -0.461 e. The van der Waals surface area contributed by atoms with Gasteiger partial charge in [-0.15, -0.1) is 11.3 Å². The number of hydrogen-bond donors (Lipinski definition) is 0. The van der Waals surface area contributed by atoms with Crippen LogP contribution < -0.4 is 0 Å². The van der Waals surface area contributed by atoms with E-state index in [1.807, 2.05) is 0 Å². The molecule has 0 saturated heterocycles. The molecule has 0 atom stereocenters. The van der Waals surface area contributed by atoms with E-state index in [-0.39, 0.29) is 5.41 Å². The Balaban J connectivity index is 1.56. The SMILES string of the molecule is Cc1cc2c(-c3ccc4cc(CC(C)C)oc4c3)cc(-c3cc(C(C)(C)C)c4ccccc4c3)nc2s1. The van der Waals surface area contributed by atoms with E-state index >= 15 is 0 Å². The van der Waals surface area contributed by atoms with Gasteiger partial charge in [0.1, 0.15) is 16.2 Å². The third kappa shape index (κ3) is 4.46. The maximum atomic E-state index is 6.26. The van der Waals surface area contributed by atoms with Gasteiger partial charge in [0, 0.05) is 27.6 Å². The van der Waals surface area contributed by atoms with Gasteiger partial charge in [-0.05, 0) is 82.1 Å². The number of furan rings is 1. The molecule has 37 heavy (non-hydrogen) atoms. The monoisotopic (exact) mass is 503 g/mol. The molecule has 3 aromatic carbocycles. The normalized spacial score (nSPS) is 12.4. The summed E-state index contributed by atoms with van der Waals surface area (Å²) in [4.78, 5) is 7.53. The maximum absolute atomic E-state index is 6.26. The molecule has 2 nitrogen and oxygen atoms in total. The summed E-state index contributed by atoms with van der Waals surface area (Å²) in [5.41, 5.74) is 6.88. The highest BCUT2D eigenvalue weighted by atomic mass is 32.1. The quantitative estimate of drug-likeness (QED) is 0.239. The molecule has 0 N–H and O–H groups in total. The van der Waals surface area contributed by atoms with Gasteiger partial charge in [0.15, 0.2) is 0 Å². The lowest BCUT2D eigenvalue weighted by atomic mass is 9.82. The fraction of sp³-hybridized carbons (Fsp3) is 0.265. The lowest BCUT2D eigenvalue weighted by Crippen LogP contribution is -2.12. The first-order valence-corrected chi connectivity index (χ1v) is 13.9. The first-order valence-electron chi connectivity index (χ1n) is 13.1. The highest BCUT2D eigenvalue weighted by molar-refractivity contribution is 7.18. The van der Waals surface area contributed by atoms with Gasteiger partial charge < -0.3 is 4.42 Å². The standard InChI is InChI=1S/C34H33NOS/c1-20(2)13-26-16-24-12-11-23(18-32(24)36-26)28-19-31(35-33-29(28)14-21(3)37-33)25-15-22-9-7-8-10-27(22)30(17-25)34(4,5)6/h7-12,14-20H,13H2,1-6H3.